The lowest BCUT2D eigenvalue weighted by atomic mass is 10.0. The molecule has 0 aliphatic carbocycles. The van der Waals surface area contributed by atoms with Crippen LogP contribution < -0.4 is 10.9 Å². The largest absolute Gasteiger partial charge is 0.506 e. The number of carbonyl (C=O) groups is 1. The number of hydrogen-bond donors (Lipinski definition) is 2. The van der Waals surface area contributed by atoms with Crippen LogP contribution in [-0.2, 0) is 11.2 Å². The van der Waals surface area contributed by atoms with Gasteiger partial charge in [0.05, 0.1) is 11.1 Å². The Balaban J connectivity index is 2.01. The molecular formula is C22H21N3O3. The van der Waals surface area contributed by atoms with Crippen molar-refractivity contribution in [3.63, 3.8) is 0 Å². The second kappa shape index (κ2) is 6.96. The fraction of sp³-hybridized carbons (Fsp3) is 0.227. The molecule has 4 rings (SSSR count). The van der Waals surface area contributed by atoms with Gasteiger partial charge in [-0.05, 0) is 36.6 Å². The van der Waals surface area contributed by atoms with E-state index in [1.54, 1.807) is 12.1 Å². The third kappa shape index (κ3) is 2.87. The Morgan fingerprint density at radius 2 is 1.89 bits per heavy atom. The van der Waals surface area contributed by atoms with Crippen molar-refractivity contribution in [3.05, 3.63) is 75.8 Å². The molecule has 0 fully saturated rings. The topological polar surface area (TPSA) is 84.2 Å². The number of benzene rings is 2. The van der Waals surface area contributed by atoms with Crippen molar-refractivity contribution in [2.45, 2.75) is 32.7 Å². The number of nitrogens with one attached hydrogen (secondary N) is 1. The number of aromatic hydroxyl groups is 1. The highest BCUT2D eigenvalue weighted by Crippen LogP contribution is 2.29. The lowest BCUT2D eigenvalue weighted by molar-refractivity contribution is -0.123. The van der Waals surface area contributed by atoms with Crippen molar-refractivity contribution < 1.29 is 9.90 Å². The number of rotatable bonds is 3. The number of hydrogen-bond acceptors (Lipinski definition) is 4. The Labute approximate surface area is 162 Å². The first kappa shape index (κ1) is 18.0. The fourth-order valence-corrected chi connectivity index (χ4v) is 3.55. The molecule has 1 aliphatic rings. The highest BCUT2D eigenvalue weighted by molar-refractivity contribution is 5.94. The number of phenols is 1. The number of carbonyl (C=O) groups excluding carboxylic acids is 1. The lowest BCUT2D eigenvalue weighted by Crippen LogP contribution is -2.45. The van der Waals surface area contributed by atoms with E-state index in [4.69, 9.17) is 0 Å². The summed E-state index contributed by atoms with van der Waals surface area (Å²) in [7, 11) is 0. The van der Waals surface area contributed by atoms with E-state index in [0.29, 0.717) is 29.7 Å². The monoisotopic (exact) mass is 375 g/mol. The van der Waals surface area contributed by atoms with Gasteiger partial charge >= 0.3 is 0 Å². The molecular weight excluding hydrogens is 354 g/mol. The van der Waals surface area contributed by atoms with E-state index in [1.807, 2.05) is 44.2 Å². The summed E-state index contributed by atoms with van der Waals surface area (Å²) >= 11 is 0. The molecule has 0 saturated carbocycles. The van der Waals surface area contributed by atoms with Crippen LogP contribution >= 0.6 is 0 Å². The average Bonchev–Trinajstić information content (AvgIpc) is 2.71. The number of nitrogens with zero attached hydrogens (tertiary/aromatic N) is 2. The van der Waals surface area contributed by atoms with Gasteiger partial charge in [0.2, 0.25) is 5.91 Å². The number of phenolic OH excluding ortho intramolecular Hbond substituents is 1. The summed E-state index contributed by atoms with van der Waals surface area (Å²) in [6, 6.07) is 13.6. The predicted octanol–water partition coefficient (Wildman–Crippen LogP) is 3.16. The molecule has 2 N–H and O–H groups in total. The molecule has 1 aliphatic heterocycles. The maximum atomic E-state index is 13.3. The van der Waals surface area contributed by atoms with Crippen LogP contribution in [0.1, 0.15) is 37.7 Å². The maximum absolute atomic E-state index is 13.3. The molecule has 0 saturated heterocycles. The van der Waals surface area contributed by atoms with E-state index in [1.165, 1.54) is 10.6 Å². The van der Waals surface area contributed by atoms with E-state index in [9.17, 15) is 14.7 Å². The van der Waals surface area contributed by atoms with Crippen LogP contribution in [0.2, 0.25) is 0 Å². The Morgan fingerprint density at radius 1 is 1.14 bits per heavy atom. The van der Waals surface area contributed by atoms with Gasteiger partial charge in [-0.1, -0.05) is 43.3 Å². The molecule has 28 heavy (non-hydrogen) atoms. The van der Waals surface area contributed by atoms with Gasteiger partial charge in [-0.2, -0.15) is 0 Å². The molecule has 0 unspecified atom stereocenters. The molecule has 0 radical (unpaired) electrons. The molecule has 0 spiro atoms. The van der Waals surface area contributed by atoms with E-state index < -0.39 is 6.04 Å². The molecule has 2 heterocycles. The number of fused-ring (bicyclic) bond motifs is 2. The minimum absolute atomic E-state index is 0.0528. The van der Waals surface area contributed by atoms with Crippen LogP contribution in [-0.4, -0.2) is 20.6 Å². The Kier molecular flexibility index (Phi) is 4.47. The molecule has 6 heteroatoms. The number of allylic oxidation sites excluding steroid dienone is 1. The average molecular weight is 375 g/mol. The summed E-state index contributed by atoms with van der Waals surface area (Å²) in [5, 5.41) is 13.5. The zero-order valence-electron chi connectivity index (χ0n) is 15.8. The minimum atomic E-state index is -0.711. The summed E-state index contributed by atoms with van der Waals surface area (Å²) in [4.78, 5) is 30.9. The first-order chi connectivity index (χ1) is 13.5. The van der Waals surface area contributed by atoms with Crippen LogP contribution in [0.5, 0.6) is 5.75 Å². The summed E-state index contributed by atoms with van der Waals surface area (Å²) < 4.78 is 1.47. The minimum Gasteiger partial charge on any atom is -0.506 e. The van der Waals surface area contributed by atoms with Gasteiger partial charge in [-0.25, -0.2) is 4.98 Å². The Bertz CT molecular complexity index is 1160. The van der Waals surface area contributed by atoms with Crippen LogP contribution in [0, 0.1) is 0 Å². The van der Waals surface area contributed by atoms with Gasteiger partial charge in [0.1, 0.15) is 17.3 Å². The molecule has 1 atom stereocenters. The van der Waals surface area contributed by atoms with Gasteiger partial charge in [0.15, 0.2) is 5.82 Å². The van der Waals surface area contributed by atoms with Crippen molar-refractivity contribution in [1.29, 1.82) is 0 Å². The Hall–Kier alpha value is -3.41. The van der Waals surface area contributed by atoms with E-state index in [0.717, 1.165) is 11.1 Å². The van der Waals surface area contributed by atoms with Gasteiger partial charge < -0.3 is 10.4 Å². The molecule has 0 bridgehead atoms. The Morgan fingerprint density at radius 3 is 2.61 bits per heavy atom. The van der Waals surface area contributed by atoms with E-state index in [-0.39, 0.29) is 22.7 Å². The third-order valence-corrected chi connectivity index (χ3v) is 5.22. The highest BCUT2D eigenvalue weighted by Gasteiger charge is 2.33. The first-order valence-corrected chi connectivity index (χ1v) is 9.30. The van der Waals surface area contributed by atoms with Gasteiger partial charge in [-0.3, -0.25) is 14.2 Å². The predicted molar refractivity (Wildman–Crippen MR) is 108 cm³/mol. The SMILES string of the molecule is CC/C(C)=C1/NC(=O)[C@@H](Cc2ccccc2)n2c1nc1c(O)cccc1c2=O. The van der Waals surface area contributed by atoms with Crippen LogP contribution in [0.4, 0.5) is 0 Å². The zero-order chi connectivity index (χ0) is 19.8. The number of aromatic nitrogens is 2. The molecule has 3 aromatic rings. The second-order valence-corrected chi connectivity index (χ2v) is 6.99. The molecule has 6 nitrogen and oxygen atoms in total. The summed E-state index contributed by atoms with van der Waals surface area (Å²) in [6.07, 6.45) is 1.08. The molecule has 142 valence electrons. The van der Waals surface area contributed by atoms with Gasteiger partial charge in [0, 0.05) is 6.42 Å². The van der Waals surface area contributed by atoms with Crippen molar-refractivity contribution in [2.24, 2.45) is 0 Å². The van der Waals surface area contributed by atoms with E-state index in [2.05, 4.69) is 10.3 Å². The van der Waals surface area contributed by atoms with Crippen molar-refractivity contribution >= 4 is 22.5 Å². The normalized spacial score (nSPS) is 17.9. The van der Waals surface area contributed by atoms with Crippen molar-refractivity contribution in [2.75, 3.05) is 0 Å². The van der Waals surface area contributed by atoms with Gasteiger partial charge in [0.25, 0.3) is 5.56 Å². The van der Waals surface area contributed by atoms with Crippen LogP contribution in [0.15, 0.2) is 58.9 Å². The first-order valence-electron chi connectivity index (χ1n) is 9.30. The lowest BCUT2D eigenvalue weighted by Gasteiger charge is -2.30. The van der Waals surface area contributed by atoms with Crippen LogP contribution in [0.25, 0.3) is 16.6 Å². The summed E-state index contributed by atoms with van der Waals surface area (Å²) in [6.45, 7) is 3.88. The smallest absolute Gasteiger partial charge is 0.262 e. The zero-order valence-corrected chi connectivity index (χ0v) is 15.8. The fourth-order valence-electron chi connectivity index (χ4n) is 3.55. The molecule has 1 aromatic heterocycles. The highest BCUT2D eigenvalue weighted by atomic mass is 16.3. The summed E-state index contributed by atoms with van der Waals surface area (Å²) in [5.74, 6) is 0.101. The number of para-hydroxylation sites is 1. The quantitative estimate of drug-likeness (QED) is 0.736. The molecule has 2 aromatic carbocycles. The summed E-state index contributed by atoms with van der Waals surface area (Å²) in [5.41, 5.74) is 2.33. The standard InChI is InChI=1S/C22H21N3O3/c1-3-13(2)18-20-23-19-15(10-7-11-17(19)26)22(28)25(20)16(21(27)24-18)12-14-8-5-4-6-9-14/h4-11,16,26H,3,12H2,1-2H3,(H,24,27)/b18-13+/t16-/m1/s1. The number of amides is 1. The second-order valence-electron chi connectivity index (χ2n) is 6.99. The van der Waals surface area contributed by atoms with E-state index >= 15 is 0 Å². The van der Waals surface area contributed by atoms with Gasteiger partial charge in [-0.15, -0.1) is 0 Å². The molecule has 1 amide bonds. The third-order valence-electron chi connectivity index (χ3n) is 5.22. The maximum Gasteiger partial charge on any atom is 0.262 e. The van der Waals surface area contributed by atoms with Crippen LogP contribution in [0.3, 0.4) is 0 Å². The van der Waals surface area contributed by atoms with Crippen molar-refractivity contribution in [1.82, 2.24) is 14.9 Å². The van der Waals surface area contributed by atoms with Crippen molar-refractivity contribution in [3.8, 4) is 5.75 Å².